The Kier molecular flexibility index (Phi) is 6.30. The number of benzene rings is 1. The van der Waals surface area contributed by atoms with Gasteiger partial charge in [-0.1, -0.05) is 23.7 Å². The van der Waals surface area contributed by atoms with Crippen molar-refractivity contribution in [2.45, 2.75) is 19.6 Å². The number of carbonyl (C=O) groups is 1. The minimum atomic E-state index is -0.123. The largest absolute Gasteiger partial charge is 0.376 e. The van der Waals surface area contributed by atoms with Crippen LogP contribution in [-0.2, 0) is 20.8 Å². The number of nitrogens with zero attached hydrogens (tertiary/aromatic N) is 1. The summed E-state index contributed by atoms with van der Waals surface area (Å²) < 4.78 is 11.0. The van der Waals surface area contributed by atoms with Crippen molar-refractivity contribution >= 4 is 29.1 Å². The lowest BCUT2D eigenvalue weighted by atomic mass is 10.1. The smallest absolute Gasteiger partial charge is 0.237 e. The van der Waals surface area contributed by atoms with Gasteiger partial charge in [0.1, 0.15) is 5.88 Å². The van der Waals surface area contributed by atoms with E-state index in [0.29, 0.717) is 37.9 Å². The van der Waals surface area contributed by atoms with Gasteiger partial charge in [0, 0.05) is 18.1 Å². The van der Waals surface area contributed by atoms with Gasteiger partial charge in [-0.25, -0.2) is 0 Å². The molecule has 1 aliphatic rings. The number of halogens is 2. The molecule has 1 atom stereocenters. The summed E-state index contributed by atoms with van der Waals surface area (Å²) in [6.07, 6.45) is -0.105. The van der Waals surface area contributed by atoms with Crippen molar-refractivity contribution in [3.8, 4) is 0 Å². The van der Waals surface area contributed by atoms with Crippen LogP contribution >= 0.6 is 23.2 Å². The first-order valence-electron chi connectivity index (χ1n) is 6.88. The molecule has 1 aliphatic heterocycles. The van der Waals surface area contributed by atoms with Crippen molar-refractivity contribution in [2.75, 3.05) is 32.2 Å². The van der Waals surface area contributed by atoms with Gasteiger partial charge in [0.25, 0.3) is 0 Å². The summed E-state index contributed by atoms with van der Waals surface area (Å²) in [5.74, 6) is -0.171. The Morgan fingerprint density at radius 2 is 2.24 bits per heavy atom. The molecule has 0 saturated carbocycles. The van der Waals surface area contributed by atoms with Crippen LogP contribution in [0.5, 0.6) is 0 Å². The maximum atomic E-state index is 12.0. The topological polar surface area (TPSA) is 38.8 Å². The molecule has 0 radical (unpaired) electrons. The third-order valence-corrected chi connectivity index (χ3v) is 4.02. The van der Waals surface area contributed by atoms with E-state index in [-0.39, 0.29) is 17.9 Å². The lowest BCUT2D eigenvalue weighted by molar-refractivity contribution is -0.136. The molecular formula is C15H19Cl2NO3. The van der Waals surface area contributed by atoms with E-state index in [1.54, 1.807) is 4.90 Å². The molecule has 0 aliphatic carbocycles. The van der Waals surface area contributed by atoms with E-state index in [1.807, 2.05) is 25.1 Å². The third-order valence-electron chi connectivity index (χ3n) is 3.39. The zero-order valence-electron chi connectivity index (χ0n) is 12.0. The number of aryl methyl sites for hydroxylation is 1. The van der Waals surface area contributed by atoms with Crippen LogP contribution in [-0.4, -0.2) is 49.2 Å². The molecule has 116 valence electrons. The predicted octanol–water partition coefficient (Wildman–Crippen LogP) is 2.63. The van der Waals surface area contributed by atoms with E-state index in [1.165, 1.54) is 0 Å². The average Bonchev–Trinajstić information content (AvgIpc) is 2.50. The Labute approximate surface area is 134 Å². The Balaban J connectivity index is 2.04. The molecule has 0 aromatic heterocycles. The molecular weight excluding hydrogens is 313 g/mol. The van der Waals surface area contributed by atoms with Gasteiger partial charge in [0.15, 0.2) is 0 Å². The number of carbonyl (C=O) groups excluding carboxylic acids is 1. The minimum absolute atomic E-state index is 0.0484. The molecule has 21 heavy (non-hydrogen) atoms. The zero-order valence-corrected chi connectivity index (χ0v) is 13.5. The Morgan fingerprint density at radius 3 is 2.86 bits per heavy atom. The van der Waals surface area contributed by atoms with E-state index in [9.17, 15) is 4.79 Å². The van der Waals surface area contributed by atoms with Crippen LogP contribution in [0, 0.1) is 6.92 Å². The average molecular weight is 332 g/mol. The Bertz CT molecular complexity index is 490. The van der Waals surface area contributed by atoms with Crippen molar-refractivity contribution in [3.05, 3.63) is 34.3 Å². The zero-order chi connectivity index (χ0) is 15.2. The second-order valence-corrected chi connectivity index (χ2v) is 5.73. The second kappa shape index (κ2) is 7.99. The molecule has 1 heterocycles. The lowest BCUT2D eigenvalue weighted by Crippen LogP contribution is -2.42. The van der Waals surface area contributed by atoms with Crippen LogP contribution in [0.15, 0.2) is 18.2 Å². The fourth-order valence-electron chi connectivity index (χ4n) is 2.18. The number of rotatable bonds is 5. The van der Waals surface area contributed by atoms with Crippen molar-refractivity contribution in [1.29, 1.82) is 0 Å². The van der Waals surface area contributed by atoms with Gasteiger partial charge in [0.2, 0.25) is 5.91 Å². The summed E-state index contributed by atoms with van der Waals surface area (Å²) in [7, 11) is 0. The second-order valence-electron chi connectivity index (χ2n) is 5.06. The van der Waals surface area contributed by atoms with Crippen molar-refractivity contribution in [2.24, 2.45) is 0 Å². The molecule has 1 fully saturated rings. The van der Waals surface area contributed by atoms with E-state index < -0.39 is 0 Å². The van der Waals surface area contributed by atoms with Gasteiger partial charge < -0.3 is 14.4 Å². The van der Waals surface area contributed by atoms with Gasteiger partial charge in [-0.2, -0.15) is 0 Å². The summed E-state index contributed by atoms with van der Waals surface area (Å²) >= 11 is 11.8. The molecule has 0 N–H and O–H groups in total. The first kappa shape index (κ1) is 16.6. The molecule has 1 aromatic rings. The van der Waals surface area contributed by atoms with Gasteiger partial charge in [0.05, 0.1) is 25.9 Å². The van der Waals surface area contributed by atoms with E-state index in [0.717, 1.165) is 11.1 Å². The molecule has 0 bridgehead atoms. The molecule has 0 spiro atoms. The predicted molar refractivity (Wildman–Crippen MR) is 82.9 cm³/mol. The monoisotopic (exact) mass is 331 g/mol. The quantitative estimate of drug-likeness (QED) is 0.778. The fraction of sp³-hybridized carbons (Fsp3) is 0.533. The van der Waals surface area contributed by atoms with Crippen LogP contribution in [0.25, 0.3) is 0 Å². The molecule has 1 amide bonds. The number of alkyl halides is 1. The van der Waals surface area contributed by atoms with Crippen molar-refractivity contribution in [3.63, 3.8) is 0 Å². The third kappa shape index (κ3) is 4.85. The normalized spacial score (nSPS) is 18.5. The van der Waals surface area contributed by atoms with Crippen LogP contribution in [0.1, 0.15) is 11.1 Å². The molecule has 4 nitrogen and oxygen atoms in total. The minimum Gasteiger partial charge on any atom is -0.376 e. The maximum Gasteiger partial charge on any atom is 0.237 e. The van der Waals surface area contributed by atoms with Gasteiger partial charge in [-0.05, 0) is 24.1 Å². The first-order chi connectivity index (χ1) is 10.1. The lowest BCUT2D eigenvalue weighted by Gasteiger charge is -2.29. The van der Waals surface area contributed by atoms with Crippen LogP contribution < -0.4 is 0 Å². The van der Waals surface area contributed by atoms with Crippen molar-refractivity contribution < 1.29 is 14.3 Å². The summed E-state index contributed by atoms with van der Waals surface area (Å²) in [6.45, 7) is 4.54. The summed E-state index contributed by atoms with van der Waals surface area (Å²) in [5, 5.41) is 0.697. The van der Waals surface area contributed by atoms with Gasteiger partial charge >= 0.3 is 0 Å². The first-order valence-corrected chi connectivity index (χ1v) is 7.79. The van der Waals surface area contributed by atoms with E-state index >= 15 is 0 Å². The number of ether oxygens (including phenoxy) is 2. The van der Waals surface area contributed by atoms with Crippen molar-refractivity contribution in [1.82, 2.24) is 4.90 Å². The molecule has 6 heteroatoms. The van der Waals surface area contributed by atoms with E-state index in [2.05, 4.69) is 0 Å². The summed E-state index contributed by atoms with van der Waals surface area (Å²) in [4.78, 5) is 13.7. The highest BCUT2D eigenvalue weighted by Crippen LogP contribution is 2.18. The SMILES string of the molecule is Cc1ccc(CN(CC2COCCO2)C(=O)CCl)cc1Cl. The standard InChI is InChI=1S/C15H19Cl2NO3/c1-11-2-3-12(6-14(11)17)8-18(15(19)7-16)9-13-10-20-4-5-21-13/h2-3,6,13H,4-5,7-10H2,1H3. The number of hydrogen-bond donors (Lipinski definition) is 0. The number of amides is 1. The maximum absolute atomic E-state index is 12.0. The molecule has 1 saturated heterocycles. The van der Waals surface area contributed by atoms with Gasteiger partial charge in [-0.3, -0.25) is 4.79 Å². The highest BCUT2D eigenvalue weighted by atomic mass is 35.5. The molecule has 1 aromatic carbocycles. The highest BCUT2D eigenvalue weighted by molar-refractivity contribution is 6.31. The summed E-state index contributed by atoms with van der Waals surface area (Å²) in [6, 6.07) is 5.79. The fourth-order valence-corrected chi connectivity index (χ4v) is 2.55. The molecule has 1 unspecified atom stereocenters. The Hall–Kier alpha value is -0.810. The Morgan fingerprint density at radius 1 is 1.43 bits per heavy atom. The summed E-state index contributed by atoms with van der Waals surface area (Å²) in [5.41, 5.74) is 1.99. The number of hydrogen-bond acceptors (Lipinski definition) is 3. The highest BCUT2D eigenvalue weighted by Gasteiger charge is 2.21. The van der Waals surface area contributed by atoms with E-state index in [4.69, 9.17) is 32.7 Å². The molecule has 2 rings (SSSR count). The van der Waals surface area contributed by atoms with Crippen LogP contribution in [0.3, 0.4) is 0 Å². The van der Waals surface area contributed by atoms with Crippen LogP contribution in [0.2, 0.25) is 5.02 Å². The van der Waals surface area contributed by atoms with Crippen LogP contribution in [0.4, 0.5) is 0 Å². The van der Waals surface area contributed by atoms with Gasteiger partial charge in [-0.15, -0.1) is 11.6 Å².